The average molecular weight is 382 g/mol. The predicted molar refractivity (Wildman–Crippen MR) is 102 cm³/mol. The third kappa shape index (κ3) is 3.16. The van der Waals surface area contributed by atoms with Gasteiger partial charge >= 0.3 is 5.97 Å². The summed E-state index contributed by atoms with van der Waals surface area (Å²) in [6, 6.07) is 10.3. The summed E-state index contributed by atoms with van der Waals surface area (Å²) in [5, 5.41) is 23.1. The van der Waals surface area contributed by atoms with E-state index in [-0.39, 0.29) is 17.2 Å². The number of carboxylic acids is 1. The van der Waals surface area contributed by atoms with Gasteiger partial charge in [-0.1, -0.05) is 17.7 Å². The van der Waals surface area contributed by atoms with E-state index >= 15 is 0 Å². The zero-order valence-corrected chi connectivity index (χ0v) is 14.4. The number of hydrogen-bond donors (Lipinski definition) is 3. The first-order valence-corrected chi connectivity index (χ1v) is 8.23. The third-order valence-electron chi connectivity index (χ3n) is 3.92. The molecule has 0 unspecified atom stereocenters. The minimum Gasteiger partial charge on any atom is -0.504 e. The highest BCUT2D eigenvalue weighted by atomic mass is 35.5. The molecular weight excluding hydrogens is 370 g/mol. The number of nitrogens with one attached hydrogen (secondary N) is 1. The number of aromatic hydroxyl groups is 1. The van der Waals surface area contributed by atoms with Crippen molar-refractivity contribution in [3.63, 3.8) is 0 Å². The fraction of sp³-hybridized carbons (Fsp3) is 0. The zero-order chi connectivity index (χ0) is 19.0. The standard InChI is InChI=1S/C19H12ClN3O4/c20-11-3-1-4-12(8-11)23-18-15(19(25)26)16(24)14(27-18)7-10-9-22-17-13(10)5-2-6-21-17/h1-9,23-24H,(H,25,26). The molecule has 1 aliphatic heterocycles. The van der Waals surface area contributed by atoms with Crippen LogP contribution >= 0.6 is 11.6 Å². The second-order valence-corrected chi connectivity index (χ2v) is 6.13. The van der Waals surface area contributed by atoms with Crippen molar-refractivity contribution < 1.29 is 19.4 Å². The molecule has 0 radical (unpaired) electrons. The molecule has 1 aromatic carbocycles. The molecule has 27 heavy (non-hydrogen) atoms. The molecule has 0 fully saturated rings. The first-order valence-electron chi connectivity index (χ1n) is 7.85. The summed E-state index contributed by atoms with van der Waals surface area (Å²) in [7, 11) is 0. The van der Waals surface area contributed by atoms with E-state index in [4.69, 9.17) is 16.0 Å². The minimum absolute atomic E-state index is 0.00455. The number of carbonyl (C=O) groups is 1. The quantitative estimate of drug-likeness (QED) is 0.602. The molecule has 0 saturated carbocycles. The molecule has 0 bridgehead atoms. The monoisotopic (exact) mass is 381 g/mol. The number of aliphatic imine (C=N–C) groups is 1. The van der Waals surface area contributed by atoms with Crippen LogP contribution in [0.4, 0.5) is 17.4 Å². The van der Waals surface area contributed by atoms with Crippen molar-refractivity contribution in [3.05, 3.63) is 64.5 Å². The molecule has 0 saturated heterocycles. The Morgan fingerprint density at radius 1 is 1.26 bits per heavy atom. The number of benzene rings is 1. The highest BCUT2D eigenvalue weighted by Gasteiger charge is 2.26. The van der Waals surface area contributed by atoms with E-state index in [2.05, 4.69) is 15.3 Å². The van der Waals surface area contributed by atoms with Crippen molar-refractivity contribution in [2.75, 3.05) is 5.32 Å². The Balaban J connectivity index is 1.76. The van der Waals surface area contributed by atoms with Crippen LogP contribution in [0.3, 0.4) is 0 Å². The summed E-state index contributed by atoms with van der Waals surface area (Å²) in [6.45, 7) is 0. The van der Waals surface area contributed by atoms with Crippen LogP contribution in [0.25, 0.3) is 11.6 Å². The fourth-order valence-corrected chi connectivity index (χ4v) is 2.89. The maximum absolute atomic E-state index is 11.6. The lowest BCUT2D eigenvalue weighted by Gasteiger charge is -2.04. The van der Waals surface area contributed by atoms with Crippen LogP contribution in [0.2, 0.25) is 5.02 Å². The van der Waals surface area contributed by atoms with Crippen molar-refractivity contribution in [1.29, 1.82) is 0 Å². The maximum atomic E-state index is 11.6. The lowest BCUT2D eigenvalue weighted by atomic mass is 10.1. The average Bonchev–Trinajstić information content (AvgIpc) is 3.17. The summed E-state index contributed by atoms with van der Waals surface area (Å²) < 4.78 is 5.58. The van der Waals surface area contributed by atoms with Gasteiger partial charge in [-0.3, -0.25) is 0 Å². The first kappa shape index (κ1) is 16.9. The molecule has 3 heterocycles. The van der Waals surface area contributed by atoms with Gasteiger partial charge in [-0.15, -0.1) is 0 Å². The smallest absolute Gasteiger partial charge is 0.345 e. The molecule has 1 aliphatic rings. The number of furan rings is 1. The van der Waals surface area contributed by atoms with Gasteiger partial charge in [-0.05, 0) is 36.4 Å². The summed E-state index contributed by atoms with van der Waals surface area (Å²) in [4.78, 5) is 19.9. The molecule has 2 aromatic heterocycles. The second-order valence-electron chi connectivity index (χ2n) is 5.69. The molecule has 7 nitrogen and oxygen atoms in total. The predicted octanol–water partition coefficient (Wildman–Crippen LogP) is 4.73. The molecular formula is C19H12ClN3O4. The Morgan fingerprint density at radius 2 is 2.11 bits per heavy atom. The fourth-order valence-electron chi connectivity index (χ4n) is 2.70. The van der Waals surface area contributed by atoms with Crippen LogP contribution in [0.15, 0.2) is 52.0 Å². The number of allylic oxidation sites excluding steroid dienone is 1. The van der Waals surface area contributed by atoms with Gasteiger partial charge in [-0.25, -0.2) is 14.8 Å². The summed E-state index contributed by atoms with van der Waals surface area (Å²) in [5.74, 6) is -1.37. The number of fused-ring (bicyclic) bond motifs is 1. The highest BCUT2D eigenvalue weighted by Crippen LogP contribution is 2.39. The molecule has 4 rings (SSSR count). The van der Waals surface area contributed by atoms with Crippen molar-refractivity contribution in [3.8, 4) is 5.75 Å². The van der Waals surface area contributed by atoms with E-state index in [0.29, 0.717) is 22.1 Å². The van der Waals surface area contributed by atoms with Crippen LogP contribution in [-0.4, -0.2) is 27.4 Å². The molecule has 3 N–H and O–H groups in total. The van der Waals surface area contributed by atoms with E-state index < -0.39 is 11.7 Å². The minimum atomic E-state index is -1.33. The Labute approximate surface area is 158 Å². The van der Waals surface area contributed by atoms with Gasteiger partial charge < -0.3 is 19.9 Å². The summed E-state index contributed by atoms with van der Waals surface area (Å²) in [5.41, 5.74) is 1.56. The van der Waals surface area contributed by atoms with Crippen molar-refractivity contribution >= 4 is 52.8 Å². The van der Waals surface area contributed by atoms with Gasteiger partial charge in [0.15, 0.2) is 22.9 Å². The molecule has 0 aliphatic carbocycles. The van der Waals surface area contributed by atoms with Crippen LogP contribution in [0.1, 0.15) is 21.7 Å². The van der Waals surface area contributed by atoms with Gasteiger partial charge in [0.2, 0.25) is 5.88 Å². The molecule has 0 atom stereocenters. The van der Waals surface area contributed by atoms with Crippen LogP contribution in [0, 0.1) is 0 Å². The SMILES string of the molecule is O=C(O)c1c(Nc2cccc(Cl)c2)oc(C=C2C=Nc3ncccc32)c1O. The van der Waals surface area contributed by atoms with Crippen LogP contribution < -0.4 is 5.32 Å². The lowest BCUT2D eigenvalue weighted by molar-refractivity contribution is 0.0695. The number of aromatic nitrogens is 1. The van der Waals surface area contributed by atoms with E-state index in [0.717, 1.165) is 5.56 Å². The van der Waals surface area contributed by atoms with Crippen molar-refractivity contribution in [2.24, 2.45) is 4.99 Å². The molecule has 8 heteroatoms. The Morgan fingerprint density at radius 3 is 2.89 bits per heavy atom. The summed E-state index contributed by atoms with van der Waals surface area (Å²) in [6.07, 6.45) is 4.71. The largest absolute Gasteiger partial charge is 0.504 e. The topological polar surface area (TPSA) is 108 Å². The Kier molecular flexibility index (Phi) is 4.13. The maximum Gasteiger partial charge on any atom is 0.345 e. The van der Waals surface area contributed by atoms with Gasteiger partial charge in [0, 0.05) is 34.3 Å². The van der Waals surface area contributed by atoms with Crippen LogP contribution in [0.5, 0.6) is 5.75 Å². The highest BCUT2D eigenvalue weighted by molar-refractivity contribution is 6.30. The van der Waals surface area contributed by atoms with Crippen molar-refractivity contribution in [2.45, 2.75) is 0 Å². The zero-order valence-electron chi connectivity index (χ0n) is 13.7. The third-order valence-corrected chi connectivity index (χ3v) is 4.15. The second kappa shape index (κ2) is 6.62. The number of rotatable bonds is 4. The number of hydrogen-bond acceptors (Lipinski definition) is 6. The first-order chi connectivity index (χ1) is 13.0. The van der Waals surface area contributed by atoms with Crippen molar-refractivity contribution in [1.82, 2.24) is 4.98 Å². The molecule has 0 amide bonds. The number of aromatic carboxylic acids is 1. The van der Waals surface area contributed by atoms with Gasteiger partial charge in [-0.2, -0.15) is 0 Å². The Hall–Kier alpha value is -3.58. The summed E-state index contributed by atoms with van der Waals surface area (Å²) >= 11 is 5.94. The lowest BCUT2D eigenvalue weighted by Crippen LogP contribution is -1.99. The number of halogens is 1. The van der Waals surface area contributed by atoms with Crippen LogP contribution in [-0.2, 0) is 0 Å². The normalized spacial score (nSPS) is 13.7. The van der Waals surface area contributed by atoms with E-state index in [1.807, 2.05) is 6.07 Å². The molecule has 134 valence electrons. The number of anilines is 2. The van der Waals surface area contributed by atoms with E-state index in [9.17, 15) is 15.0 Å². The number of carboxylic acid groups (broad SMARTS) is 1. The Bertz CT molecular complexity index is 1120. The van der Waals surface area contributed by atoms with Gasteiger partial charge in [0.1, 0.15) is 0 Å². The van der Waals surface area contributed by atoms with Gasteiger partial charge in [0.05, 0.1) is 0 Å². The number of pyridine rings is 1. The van der Waals surface area contributed by atoms with E-state index in [1.165, 1.54) is 6.08 Å². The van der Waals surface area contributed by atoms with E-state index in [1.54, 1.807) is 42.7 Å². The molecule has 0 spiro atoms. The number of nitrogens with zero attached hydrogens (tertiary/aromatic N) is 2. The molecule has 3 aromatic rings. The van der Waals surface area contributed by atoms with Gasteiger partial charge in [0.25, 0.3) is 0 Å².